The van der Waals surface area contributed by atoms with Crippen molar-refractivity contribution in [1.82, 2.24) is 15.3 Å². The predicted molar refractivity (Wildman–Crippen MR) is 46.6 cm³/mol. The molecule has 1 fully saturated rings. The molecule has 1 aliphatic rings. The lowest BCUT2D eigenvalue weighted by Crippen LogP contribution is -2.21. The summed E-state index contributed by atoms with van der Waals surface area (Å²) in [7, 11) is 0. The number of aromatic nitrogens is 2. The average Bonchev–Trinajstić information content (AvgIpc) is 2.90. The predicted octanol–water partition coefficient (Wildman–Crippen LogP) is 1.29. The Balaban J connectivity index is 1.98. The normalized spacial score (nSPS) is 19.1. The minimum atomic E-state index is 0.339. The Morgan fingerprint density at radius 1 is 1.50 bits per heavy atom. The SMILES string of the molecule is C[C@H](NC1CC1)c1cnccn1. The van der Waals surface area contributed by atoms with Gasteiger partial charge in [-0.15, -0.1) is 0 Å². The van der Waals surface area contributed by atoms with Gasteiger partial charge in [0, 0.05) is 30.7 Å². The summed E-state index contributed by atoms with van der Waals surface area (Å²) in [6.07, 6.45) is 7.88. The van der Waals surface area contributed by atoms with Crippen LogP contribution in [-0.2, 0) is 0 Å². The molecule has 2 rings (SSSR count). The molecular weight excluding hydrogens is 150 g/mol. The third-order valence-corrected chi connectivity index (χ3v) is 2.09. The van der Waals surface area contributed by atoms with Crippen molar-refractivity contribution in [3.8, 4) is 0 Å². The lowest BCUT2D eigenvalue weighted by atomic mass is 10.2. The monoisotopic (exact) mass is 163 g/mol. The van der Waals surface area contributed by atoms with Crippen LogP contribution in [0.25, 0.3) is 0 Å². The lowest BCUT2D eigenvalue weighted by molar-refractivity contribution is 0.556. The number of hydrogen-bond donors (Lipinski definition) is 1. The van der Waals surface area contributed by atoms with Crippen LogP contribution < -0.4 is 5.32 Å². The lowest BCUT2D eigenvalue weighted by Gasteiger charge is -2.10. The molecule has 1 aromatic rings. The van der Waals surface area contributed by atoms with E-state index in [2.05, 4.69) is 22.2 Å². The van der Waals surface area contributed by atoms with E-state index in [4.69, 9.17) is 0 Å². The molecule has 0 aromatic carbocycles. The van der Waals surface area contributed by atoms with E-state index in [0.717, 1.165) is 11.7 Å². The first kappa shape index (κ1) is 7.68. The molecule has 12 heavy (non-hydrogen) atoms. The van der Waals surface area contributed by atoms with Gasteiger partial charge in [-0.2, -0.15) is 0 Å². The first-order chi connectivity index (χ1) is 5.86. The minimum absolute atomic E-state index is 0.339. The number of nitrogens with one attached hydrogen (secondary N) is 1. The Morgan fingerprint density at radius 3 is 2.92 bits per heavy atom. The zero-order chi connectivity index (χ0) is 8.39. The van der Waals surface area contributed by atoms with Gasteiger partial charge >= 0.3 is 0 Å². The largest absolute Gasteiger partial charge is 0.306 e. The Labute approximate surface area is 72.2 Å². The first-order valence-electron chi connectivity index (χ1n) is 4.38. The van der Waals surface area contributed by atoms with Gasteiger partial charge in [-0.3, -0.25) is 9.97 Å². The summed E-state index contributed by atoms with van der Waals surface area (Å²) in [5.41, 5.74) is 1.03. The maximum absolute atomic E-state index is 4.23. The molecule has 0 bridgehead atoms. The fraction of sp³-hybridized carbons (Fsp3) is 0.556. The maximum atomic E-state index is 4.23. The Morgan fingerprint density at radius 2 is 2.33 bits per heavy atom. The van der Waals surface area contributed by atoms with E-state index in [1.54, 1.807) is 12.4 Å². The zero-order valence-corrected chi connectivity index (χ0v) is 7.20. The van der Waals surface area contributed by atoms with E-state index < -0.39 is 0 Å². The van der Waals surface area contributed by atoms with Crippen molar-refractivity contribution < 1.29 is 0 Å². The molecule has 0 unspecified atom stereocenters. The zero-order valence-electron chi connectivity index (χ0n) is 7.20. The second-order valence-corrected chi connectivity index (χ2v) is 3.29. The summed E-state index contributed by atoms with van der Waals surface area (Å²) in [5, 5.41) is 3.47. The van der Waals surface area contributed by atoms with Gasteiger partial charge in [0.15, 0.2) is 0 Å². The fourth-order valence-electron chi connectivity index (χ4n) is 1.22. The molecule has 0 amide bonds. The number of hydrogen-bond acceptors (Lipinski definition) is 3. The van der Waals surface area contributed by atoms with E-state index in [1.165, 1.54) is 12.8 Å². The standard InChI is InChI=1S/C9H13N3/c1-7(12-8-2-3-8)9-6-10-4-5-11-9/h4-8,12H,2-3H2,1H3/t7-/m0/s1. The Hall–Kier alpha value is -0.960. The van der Waals surface area contributed by atoms with Crippen molar-refractivity contribution in [2.75, 3.05) is 0 Å². The van der Waals surface area contributed by atoms with Crippen molar-refractivity contribution in [3.63, 3.8) is 0 Å². The second kappa shape index (κ2) is 3.19. The summed E-state index contributed by atoms with van der Waals surface area (Å²) in [4.78, 5) is 8.27. The van der Waals surface area contributed by atoms with Crippen LogP contribution in [0.2, 0.25) is 0 Å². The Kier molecular flexibility index (Phi) is 2.04. The highest BCUT2D eigenvalue weighted by Crippen LogP contribution is 2.22. The highest BCUT2D eigenvalue weighted by Gasteiger charge is 2.23. The van der Waals surface area contributed by atoms with Crippen molar-refractivity contribution in [3.05, 3.63) is 24.3 Å². The van der Waals surface area contributed by atoms with Gasteiger partial charge in [0.2, 0.25) is 0 Å². The maximum Gasteiger partial charge on any atom is 0.0753 e. The molecule has 1 heterocycles. The highest BCUT2D eigenvalue weighted by atomic mass is 15.0. The molecule has 1 aliphatic carbocycles. The molecular formula is C9H13N3. The molecule has 0 radical (unpaired) electrons. The summed E-state index contributed by atoms with van der Waals surface area (Å²) in [5.74, 6) is 0. The molecule has 0 saturated heterocycles. The molecule has 1 saturated carbocycles. The van der Waals surface area contributed by atoms with E-state index in [-0.39, 0.29) is 0 Å². The number of nitrogens with zero attached hydrogens (tertiary/aromatic N) is 2. The first-order valence-corrected chi connectivity index (χ1v) is 4.38. The molecule has 1 aromatic heterocycles. The van der Waals surface area contributed by atoms with Gasteiger partial charge in [0.25, 0.3) is 0 Å². The van der Waals surface area contributed by atoms with Crippen molar-refractivity contribution in [1.29, 1.82) is 0 Å². The quantitative estimate of drug-likeness (QED) is 0.729. The van der Waals surface area contributed by atoms with E-state index in [0.29, 0.717) is 6.04 Å². The van der Waals surface area contributed by atoms with Crippen LogP contribution in [0.4, 0.5) is 0 Å². The van der Waals surface area contributed by atoms with Crippen LogP contribution in [-0.4, -0.2) is 16.0 Å². The van der Waals surface area contributed by atoms with Crippen LogP contribution in [0, 0.1) is 0 Å². The van der Waals surface area contributed by atoms with Crippen LogP contribution in [0.15, 0.2) is 18.6 Å². The summed E-state index contributed by atoms with van der Waals surface area (Å²) >= 11 is 0. The smallest absolute Gasteiger partial charge is 0.0753 e. The average molecular weight is 163 g/mol. The molecule has 1 N–H and O–H groups in total. The second-order valence-electron chi connectivity index (χ2n) is 3.29. The molecule has 0 aliphatic heterocycles. The van der Waals surface area contributed by atoms with E-state index >= 15 is 0 Å². The van der Waals surface area contributed by atoms with Crippen molar-refractivity contribution >= 4 is 0 Å². The molecule has 64 valence electrons. The molecule has 3 nitrogen and oxygen atoms in total. The van der Waals surface area contributed by atoms with Crippen LogP contribution >= 0.6 is 0 Å². The van der Waals surface area contributed by atoms with E-state index in [1.807, 2.05) is 6.20 Å². The van der Waals surface area contributed by atoms with Gasteiger partial charge in [-0.25, -0.2) is 0 Å². The van der Waals surface area contributed by atoms with Crippen molar-refractivity contribution in [2.24, 2.45) is 0 Å². The van der Waals surface area contributed by atoms with Crippen LogP contribution in [0.1, 0.15) is 31.5 Å². The molecule has 1 atom stereocenters. The van der Waals surface area contributed by atoms with E-state index in [9.17, 15) is 0 Å². The van der Waals surface area contributed by atoms with Gasteiger partial charge < -0.3 is 5.32 Å². The van der Waals surface area contributed by atoms with Gasteiger partial charge in [-0.05, 0) is 19.8 Å². The van der Waals surface area contributed by atoms with Crippen molar-refractivity contribution in [2.45, 2.75) is 31.8 Å². The molecule has 0 spiro atoms. The fourth-order valence-corrected chi connectivity index (χ4v) is 1.22. The Bertz CT molecular complexity index is 243. The summed E-state index contributed by atoms with van der Waals surface area (Å²) in [6, 6.07) is 1.06. The molecule has 3 heteroatoms. The number of rotatable bonds is 3. The topological polar surface area (TPSA) is 37.8 Å². The van der Waals surface area contributed by atoms with Crippen LogP contribution in [0.3, 0.4) is 0 Å². The summed E-state index contributed by atoms with van der Waals surface area (Å²) in [6.45, 7) is 2.13. The third kappa shape index (κ3) is 1.80. The van der Waals surface area contributed by atoms with Gasteiger partial charge in [0.1, 0.15) is 0 Å². The van der Waals surface area contributed by atoms with Gasteiger partial charge in [-0.1, -0.05) is 0 Å². The van der Waals surface area contributed by atoms with Crippen LogP contribution in [0.5, 0.6) is 0 Å². The minimum Gasteiger partial charge on any atom is -0.306 e. The van der Waals surface area contributed by atoms with Gasteiger partial charge in [0.05, 0.1) is 5.69 Å². The highest BCUT2D eigenvalue weighted by molar-refractivity contribution is 5.02. The summed E-state index contributed by atoms with van der Waals surface area (Å²) < 4.78 is 0. The third-order valence-electron chi connectivity index (χ3n) is 2.09.